The van der Waals surface area contributed by atoms with Gasteiger partial charge in [0.2, 0.25) is 0 Å². The molecule has 2 nitrogen and oxygen atoms in total. The van der Waals surface area contributed by atoms with Crippen molar-refractivity contribution in [3.63, 3.8) is 0 Å². The van der Waals surface area contributed by atoms with Crippen LogP contribution in [-0.2, 0) is 0 Å². The maximum Gasteiger partial charge on any atom is 0.187 e. The Kier molecular flexibility index (Phi) is 24.0. The first-order valence-corrected chi connectivity index (χ1v) is 8.21. The first-order valence-electron chi connectivity index (χ1n) is 8.21. The fourth-order valence-electron chi connectivity index (χ4n) is 2.43. The molecular weight excluding hydrogens is 400 g/mol. The molecule has 0 saturated heterocycles. The molecule has 0 aromatic heterocycles. The summed E-state index contributed by atoms with van der Waals surface area (Å²) in [4.78, 5) is 3.39. The van der Waals surface area contributed by atoms with Gasteiger partial charge in [0.15, 0.2) is 5.69 Å². The van der Waals surface area contributed by atoms with Gasteiger partial charge in [-0.15, -0.1) is 0 Å². The molecule has 2 heteroatoms. The number of hydrogen-bond donors (Lipinski definition) is 0. The van der Waals surface area contributed by atoms with E-state index < -0.39 is 0 Å². The Labute approximate surface area is 205 Å². The molecule has 0 aliphatic heterocycles. The van der Waals surface area contributed by atoms with E-state index in [1.807, 2.05) is 60.7 Å². The fourth-order valence-corrected chi connectivity index (χ4v) is 2.43. The average molecular weight is 445 g/mol. The van der Waals surface area contributed by atoms with Crippen LogP contribution in [0.3, 0.4) is 0 Å². The predicted molar refractivity (Wildman–Crippen MR) is 155 cm³/mol. The maximum atomic E-state index is 8.82. The molecular formula is C31H44N2. The smallest absolute Gasteiger partial charge is 0.187 e. The van der Waals surface area contributed by atoms with E-state index in [1.54, 1.807) is 0 Å². The van der Waals surface area contributed by atoms with Crippen molar-refractivity contribution >= 4 is 30.0 Å². The summed E-state index contributed by atoms with van der Waals surface area (Å²) >= 11 is 0. The van der Waals surface area contributed by atoms with Crippen LogP contribution in [0.1, 0.15) is 79.8 Å². The van der Waals surface area contributed by atoms with E-state index in [1.165, 1.54) is 0 Å². The van der Waals surface area contributed by atoms with Crippen molar-refractivity contribution in [2.45, 2.75) is 52.0 Å². The minimum Gasteiger partial charge on any atom is -0.238 e. The molecule has 0 radical (unpaired) electrons. The van der Waals surface area contributed by atoms with E-state index >= 15 is 0 Å². The molecule has 3 aromatic carbocycles. The SMILES string of the molecule is C.C.C.C.C.C.C.[C-]#[N+]c1ccc(/C=C/c2ccc(/C=C/c3ccc(C#N)cc3)cc2)cc1. The van der Waals surface area contributed by atoms with Crippen molar-refractivity contribution in [3.05, 3.63) is 112 Å². The van der Waals surface area contributed by atoms with Crippen molar-refractivity contribution in [2.75, 3.05) is 0 Å². The van der Waals surface area contributed by atoms with Gasteiger partial charge in [0.25, 0.3) is 0 Å². The van der Waals surface area contributed by atoms with E-state index in [4.69, 9.17) is 11.8 Å². The lowest BCUT2D eigenvalue weighted by molar-refractivity contribution is 1.48. The molecule has 178 valence electrons. The topological polar surface area (TPSA) is 28.1 Å². The second-order valence-electron chi connectivity index (χ2n) is 5.77. The zero-order valence-corrected chi connectivity index (χ0v) is 14.1. The van der Waals surface area contributed by atoms with Crippen molar-refractivity contribution in [2.24, 2.45) is 0 Å². The van der Waals surface area contributed by atoms with Gasteiger partial charge >= 0.3 is 0 Å². The Bertz CT molecular complexity index is 922. The minimum atomic E-state index is 0. The monoisotopic (exact) mass is 444 g/mol. The Morgan fingerprint density at radius 3 is 1.06 bits per heavy atom. The second-order valence-corrected chi connectivity index (χ2v) is 5.77. The number of benzene rings is 3. The molecule has 0 unspecified atom stereocenters. The van der Waals surface area contributed by atoms with Gasteiger partial charge in [-0.2, -0.15) is 5.26 Å². The molecule has 0 amide bonds. The number of nitrogens with zero attached hydrogens (tertiary/aromatic N) is 2. The van der Waals surface area contributed by atoms with Crippen molar-refractivity contribution in [1.29, 1.82) is 5.26 Å². The zero-order valence-electron chi connectivity index (χ0n) is 14.1. The summed E-state index contributed by atoms with van der Waals surface area (Å²) in [6, 6.07) is 25.4. The summed E-state index contributed by atoms with van der Waals surface area (Å²) in [7, 11) is 0. The minimum absolute atomic E-state index is 0. The summed E-state index contributed by atoms with van der Waals surface area (Å²) in [5.41, 5.74) is 5.70. The molecule has 0 heterocycles. The fraction of sp³-hybridized carbons (Fsp3) is 0.226. The lowest BCUT2D eigenvalue weighted by atomic mass is 10.1. The highest BCUT2D eigenvalue weighted by Crippen LogP contribution is 2.16. The second kappa shape index (κ2) is 20.0. The third kappa shape index (κ3) is 11.9. The summed E-state index contributed by atoms with van der Waals surface area (Å²) in [6.45, 7) is 6.97. The molecule has 3 aromatic rings. The predicted octanol–water partition coefficient (Wildman–Crippen LogP) is 10.9. The highest BCUT2D eigenvalue weighted by molar-refractivity contribution is 5.73. The average Bonchev–Trinajstić information content (AvgIpc) is 2.72. The lowest BCUT2D eigenvalue weighted by Crippen LogP contribution is -1.77. The highest BCUT2D eigenvalue weighted by Gasteiger charge is 1.93. The van der Waals surface area contributed by atoms with Crippen molar-refractivity contribution in [1.82, 2.24) is 0 Å². The molecule has 0 aliphatic rings. The summed E-state index contributed by atoms with van der Waals surface area (Å²) in [6.07, 6.45) is 8.18. The van der Waals surface area contributed by atoms with Crippen molar-refractivity contribution < 1.29 is 0 Å². The zero-order chi connectivity index (χ0) is 18.2. The van der Waals surface area contributed by atoms with Crippen molar-refractivity contribution in [3.8, 4) is 6.07 Å². The van der Waals surface area contributed by atoms with Crippen LogP contribution in [-0.4, -0.2) is 0 Å². The Balaban J connectivity index is -0.000000373. The summed E-state index contributed by atoms with van der Waals surface area (Å²) in [5, 5.41) is 8.82. The van der Waals surface area contributed by atoms with Crippen LogP contribution in [0.4, 0.5) is 5.69 Å². The van der Waals surface area contributed by atoms with Gasteiger partial charge in [-0.1, -0.05) is 137 Å². The quantitative estimate of drug-likeness (QED) is 0.290. The lowest BCUT2D eigenvalue weighted by Gasteiger charge is -1.98. The van der Waals surface area contributed by atoms with Gasteiger partial charge < -0.3 is 0 Å². The molecule has 3 rings (SSSR count). The molecule has 33 heavy (non-hydrogen) atoms. The molecule has 0 bridgehead atoms. The van der Waals surface area contributed by atoms with Gasteiger partial charge in [-0.3, -0.25) is 0 Å². The molecule has 0 N–H and O–H groups in total. The van der Waals surface area contributed by atoms with E-state index in [0.717, 1.165) is 22.3 Å². The standard InChI is InChI=1S/C24H16N2.7CH4/c1-26-24-16-14-22(15-17-24)9-8-20-4-2-19(3-5-20)6-7-21-10-12-23(18-25)13-11-21;;;;;;;/h2-17H;7*1H4/b7-6+,9-8+;;;;;;;. The summed E-state index contributed by atoms with van der Waals surface area (Å²) in [5.74, 6) is 0. The summed E-state index contributed by atoms with van der Waals surface area (Å²) < 4.78 is 0. The van der Waals surface area contributed by atoms with Gasteiger partial charge in [-0.25, -0.2) is 4.85 Å². The normalized spacial score (nSPS) is 8.42. The number of nitriles is 1. The Morgan fingerprint density at radius 1 is 0.515 bits per heavy atom. The van der Waals surface area contributed by atoms with E-state index in [2.05, 4.69) is 47.3 Å². The molecule has 0 fully saturated rings. The Hall–Kier alpha value is -3.88. The van der Waals surface area contributed by atoms with Crippen LogP contribution in [0.2, 0.25) is 0 Å². The van der Waals surface area contributed by atoms with E-state index in [9.17, 15) is 0 Å². The highest BCUT2D eigenvalue weighted by atomic mass is 14.6. The molecule has 0 saturated carbocycles. The van der Waals surface area contributed by atoms with E-state index in [-0.39, 0.29) is 52.0 Å². The van der Waals surface area contributed by atoms with Gasteiger partial charge in [0, 0.05) is 0 Å². The molecule has 0 aliphatic carbocycles. The third-order valence-corrected chi connectivity index (χ3v) is 3.93. The van der Waals surface area contributed by atoms with Gasteiger partial charge in [-0.05, 0) is 34.4 Å². The van der Waals surface area contributed by atoms with Crippen LogP contribution in [0.25, 0.3) is 29.1 Å². The molecule has 0 atom stereocenters. The first kappa shape index (κ1) is 39.6. The van der Waals surface area contributed by atoms with Crippen LogP contribution >= 0.6 is 0 Å². The van der Waals surface area contributed by atoms with Gasteiger partial charge in [0.1, 0.15) is 0 Å². The van der Waals surface area contributed by atoms with Gasteiger partial charge in [0.05, 0.1) is 18.2 Å². The largest absolute Gasteiger partial charge is 0.238 e. The van der Waals surface area contributed by atoms with Crippen LogP contribution in [0.5, 0.6) is 0 Å². The number of hydrogen-bond acceptors (Lipinski definition) is 1. The van der Waals surface area contributed by atoms with Crippen LogP contribution in [0, 0.1) is 17.9 Å². The number of rotatable bonds is 4. The molecule has 0 spiro atoms. The Morgan fingerprint density at radius 2 is 0.788 bits per heavy atom. The van der Waals surface area contributed by atoms with Crippen LogP contribution in [0.15, 0.2) is 72.8 Å². The maximum absolute atomic E-state index is 8.82. The first-order chi connectivity index (χ1) is 12.8. The van der Waals surface area contributed by atoms with Crippen LogP contribution < -0.4 is 0 Å². The van der Waals surface area contributed by atoms with E-state index in [0.29, 0.717) is 11.3 Å². The third-order valence-electron chi connectivity index (χ3n) is 3.93.